The molecular formula is C25H21ClN4O3S. The van der Waals surface area contributed by atoms with Crippen LogP contribution in [0.2, 0.25) is 5.02 Å². The molecule has 1 aromatic heterocycles. The number of benzene rings is 2. The number of amides is 2. The van der Waals surface area contributed by atoms with Crippen molar-refractivity contribution in [1.82, 2.24) is 9.80 Å². The first kappa shape index (κ1) is 22.3. The summed E-state index contributed by atoms with van der Waals surface area (Å²) >= 11 is 8.20. The molecule has 2 aliphatic rings. The topological polar surface area (TPSA) is 99.7 Å². The first-order chi connectivity index (χ1) is 16.4. The number of nitrogen functional groups attached to an aromatic ring is 1. The number of nitrogens with two attached hydrogens (primary N) is 1. The van der Waals surface area contributed by atoms with Gasteiger partial charge in [-0.1, -0.05) is 36.4 Å². The summed E-state index contributed by atoms with van der Waals surface area (Å²) in [6.45, 7) is 5.23. The predicted octanol–water partition coefficient (Wildman–Crippen LogP) is 4.30. The fourth-order valence-corrected chi connectivity index (χ4v) is 6.00. The first-order valence-corrected chi connectivity index (χ1v) is 12.0. The van der Waals surface area contributed by atoms with Gasteiger partial charge in [0.15, 0.2) is 5.75 Å². The number of anilines is 1. The lowest BCUT2D eigenvalue weighted by Crippen LogP contribution is -2.57. The van der Waals surface area contributed by atoms with E-state index in [9.17, 15) is 14.9 Å². The molecular weight excluding hydrogens is 472 g/mol. The Morgan fingerprint density at radius 3 is 2.82 bits per heavy atom. The highest BCUT2D eigenvalue weighted by molar-refractivity contribution is 7.23. The zero-order chi connectivity index (χ0) is 24.0. The van der Waals surface area contributed by atoms with Crippen LogP contribution in [0.3, 0.4) is 0 Å². The maximum absolute atomic E-state index is 13.5. The van der Waals surface area contributed by atoms with Gasteiger partial charge in [-0.15, -0.1) is 11.3 Å². The molecule has 3 aromatic rings. The van der Waals surface area contributed by atoms with E-state index in [1.807, 2.05) is 18.2 Å². The van der Waals surface area contributed by atoms with Gasteiger partial charge in [-0.25, -0.2) is 0 Å². The van der Waals surface area contributed by atoms with Crippen molar-refractivity contribution in [2.75, 3.05) is 32.0 Å². The van der Waals surface area contributed by atoms with Crippen LogP contribution in [-0.4, -0.2) is 53.9 Å². The fourth-order valence-electron chi connectivity index (χ4n) is 4.73. The molecule has 172 valence electrons. The molecule has 7 nitrogen and oxygen atoms in total. The molecule has 9 heteroatoms. The molecule has 0 saturated carbocycles. The van der Waals surface area contributed by atoms with Crippen molar-refractivity contribution in [1.29, 1.82) is 5.26 Å². The van der Waals surface area contributed by atoms with Crippen LogP contribution in [0.25, 0.3) is 21.2 Å². The van der Waals surface area contributed by atoms with Crippen molar-refractivity contribution in [3.63, 3.8) is 0 Å². The Hall–Kier alpha value is -3.54. The lowest BCUT2D eigenvalue weighted by Gasteiger charge is -2.42. The molecule has 0 spiro atoms. The third-order valence-corrected chi connectivity index (χ3v) is 7.76. The summed E-state index contributed by atoms with van der Waals surface area (Å²) in [5.74, 6) is 0.0311. The number of halogens is 1. The van der Waals surface area contributed by atoms with Gasteiger partial charge >= 0.3 is 0 Å². The van der Waals surface area contributed by atoms with Gasteiger partial charge in [-0.05, 0) is 23.8 Å². The van der Waals surface area contributed by atoms with Gasteiger partial charge in [0.05, 0.1) is 28.8 Å². The molecule has 2 aromatic carbocycles. The second kappa shape index (κ2) is 8.67. The van der Waals surface area contributed by atoms with Gasteiger partial charge in [0.25, 0.3) is 5.91 Å². The summed E-state index contributed by atoms with van der Waals surface area (Å²) in [5.41, 5.74) is 8.32. The first-order valence-electron chi connectivity index (χ1n) is 10.8. The maximum Gasteiger partial charge on any atom is 0.258 e. The summed E-state index contributed by atoms with van der Waals surface area (Å²) in [6, 6.07) is 11.3. The zero-order valence-corrected chi connectivity index (χ0v) is 19.8. The zero-order valence-electron chi connectivity index (χ0n) is 18.2. The van der Waals surface area contributed by atoms with E-state index >= 15 is 0 Å². The van der Waals surface area contributed by atoms with E-state index in [0.29, 0.717) is 65.1 Å². The monoisotopic (exact) mass is 492 g/mol. The number of thiophene rings is 1. The van der Waals surface area contributed by atoms with E-state index in [1.54, 1.807) is 21.9 Å². The minimum absolute atomic E-state index is 0.136. The number of hydrogen-bond acceptors (Lipinski definition) is 6. The summed E-state index contributed by atoms with van der Waals surface area (Å²) in [7, 11) is 0. The lowest BCUT2D eigenvalue weighted by atomic mass is 9.96. The Morgan fingerprint density at radius 2 is 2.06 bits per heavy atom. The molecule has 34 heavy (non-hydrogen) atoms. The largest absolute Gasteiger partial charge is 0.491 e. The van der Waals surface area contributed by atoms with Crippen molar-refractivity contribution in [3.8, 4) is 22.9 Å². The van der Waals surface area contributed by atoms with Crippen LogP contribution in [-0.2, 0) is 4.79 Å². The maximum atomic E-state index is 13.5. The molecule has 3 heterocycles. The Bertz CT molecular complexity index is 1390. The summed E-state index contributed by atoms with van der Waals surface area (Å²) in [5, 5.41) is 11.2. The van der Waals surface area contributed by atoms with E-state index in [0.717, 1.165) is 15.6 Å². The van der Waals surface area contributed by atoms with E-state index in [1.165, 1.54) is 17.4 Å². The molecule has 1 fully saturated rings. The number of nitriles is 1. The molecule has 0 unspecified atom stereocenters. The highest BCUT2D eigenvalue weighted by Crippen LogP contribution is 2.45. The lowest BCUT2D eigenvalue weighted by molar-refractivity contribution is -0.128. The van der Waals surface area contributed by atoms with Crippen LogP contribution in [0.4, 0.5) is 5.00 Å². The quantitative estimate of drug-likeness (QED) is 0.538. The van der Waals surface area contributed by atoms with Crippen molar-refractivity contribution < 1.29 is 14.3 Å². The predicted molar refractivity (Wildman–Crippen MR) is 133 cm³/mol. The van der Waals surface area contributed by atoms with E-state index in [-0.39, 0.29) is 17.9 Å². The second-order valence-electron chi connectivity index (χ2n) is 8.21. The summed E-state index contributed by atoms with van der Waals surface area (Å²) in [4.78, 5) is 29.1. The number of fused-ring (bicyclic) bond motifs is 3. The van der Waals surface area contributed by atoms with Crippen molar-refractivity contribution in [2.24, 2.45) is 0 Å². The third-order valence-electron chi connectivity index (χ3n) is 6.40. The number of carbonyl (C=O) groups excluding carboxylic acids is 2. The van der Waals surface area contributed by atoms with Crippen LogP contribution in [0.5, 0.6) is 5.75 Å². The highest BCUT2D eigenvalue weighted by Gasteiger charge is 2.35. The molecule has 5 rings (SSSR count). The van der Waals surface area contributed by atoms with Gasteiger partial charge in [-0.2, -0.15) is 5.26 Å². The molecule has 1 saturated heterocycles. The van der Waals surface area contributed by atoms with E-state index in [2.05, 4.69) is 12.6 Å². The standard InChI is InChI=1S/C25H21ClN4O3S/c1-2-20(31)29-9-10-30-14(13-29)8-11-33-23-17(25(30)32)7-6-16(22(23)26)15-4-3-5-19-21(15)18(12-27)24(28)34-19/h2-7,14H,1,8-11,13,28H2/t14-/m0/s1. The summed E-state index contributed by atoms with van der Waals surface area (Å²) < 4.78 is 6.94. The molecule has 2 N–H and O–H groups in total. The number of hydrogen-bond donors (Lipinski definition) is 1. The Morgan fingerprint density at radius 1 is 1.26 bits per heavy atom. The van der Waals surface area contributed by atoms with Gasteiger partial charge < -0.3 is 20.3 Å². The number of carbonyl (C=O) groups is 2. The number of ether oxygens (including phenoxy) is 1. The molecule has 0 aliphatic carbocycles. The SMILES string of the molecule is C=CC(=O)N1CCN2C(=O)c3ccc(-c4cccc5sc(N)c(C#N)c45)c(Cl)c3OCC[C@H]2C1. The van der Waals surface area contributed by atoms with Crippen LogP contribution < -0.4 is 10.5 Å². The second-order valence-corrected chi connectivity index (χ2v) is 9.68. The summed E-state index contributed by atoms with van der Waals surface area (Å²) in [6.07, 6.45) is 1.87. The fraction of sp³-hybridized carbons (Fsp3) is 0.240. The van der Waals surface area contributed by atoms with Crippen LogP contribution in [0, 0.1) is 11.3 Å². The van der Waals surface area contributed by atoms with Gasteiger partial charge in [0.1, 0.15) is 11.1 Å². The number of piperazine rings is 1. The Balaban J connectivity index is 1.56. The van der Waals surface area contributed by atoms with Crippen LogP contribution in [0.1, 0.15) is 22.3 Å². The van der Waals surface area contributed by atoms with Gasteiger partial charge in [0.2, 0.25) is 5.91 Å². The third kappa shape index (κ3) is 3.49. The number of rotatable bonds is 2. The molecule has 2 amide bonds. The normalized spacial score (nSPS) is 17.8. The average Bonchev–Trinajstić information content (AvgIpc) is 3.18. The highest BCUT2D eigenvalue weighted by atomic mass is 35.5. The molecule has 1 atom stereocenters. The van der Waals surface area contributed by atoms with Crippen LogP contribution >= 0.6 is 22.9 Å². The van der Waals surface area contributed by atoms with Gasteiger partial charge in [0, 0.05) is 41.7 Å². The smallest absolute Gasteiger partial charge is 0.258 e. The minimum Gasteiger partial charge on any atom is -0.491 e. The van der Waals surface area contributed by atoms with E-state index in [4.69, 9.17) is 22.1 Å². The Labute approximate surface area is 205 Å². The molecule has 0 radical (unpaired) electrons. The minimum atomic E-state index is -0.172. The average molecular weight is 493 g/mol. The Kier molecular flexibility index (Phi) is 5.68. The molecule has 2 aliphatic heterocycles. The van der Waals surface area contributed by atoms with E-state index < -0.39 is 0 Å². The van der Waals surface area contributed by atoms with Gasteiger partial charge in [-0.3, -0.25) is 9.59 Å². The molecule has 0 bridgehead atoms. The van der Waals surface area contributed by atoms with Crippen molar-refractivity contribution >= 4 is 49.8 Å². The van der Waals surface area contributed by atoms with Crippen molar-refractivity contribution in [2.45, 2.75) is 12.5 Å². The van der Waals surface area contributed by atoms with Crippen molar-refractivity contribution in [3.05, 3.63) is 59.1 Å². The van der Waals surface area contributed by atoms with Crippen LogP contribution in [0.15, 0.2) is 43.0 Å². The number of nitrogens with zero attached hydrogens (tertiary/aromatic N) is 3.